The van der Waals surface area contributed by atoms with Crippen molar-refractivity contribution in [2.75, 3.05) is 13.1 Å². The molecule has 16 heavy (non-hydrogen) atoms. The van der Waals surface area contributed by atoms with Gasteiger partial charge in [0, 0.05) is 18.6 Å². The van der Waals surface area contributed by atoms with Gasteiger partial charge in [0.1, 0.15) is 0 Å². The van der Waals surface area contributed by atoms with Crippen LogP contribution in [0.25, 0.3) is 0 Å². The normalized spacial score (nSPS) is 23.9. The second-order valence-corrected chi connectivity index (χ2v) is 5.14. The molecular formula is C11H18N2O3. The van der Waals surface area contributed by atoms with Crippen molar-refractivity contribution in [2.45, 2.75) is 38.1 Å². The predicted octanol–water partition coefficient (Wildman–Crippen LogP) is 1.05. The highest BCUT2D eigenvalue weighted by molar-refractivity contribution is 5.80. The SMILES string of the molecule is CC1(NC(=O)N2CC(C(=O)O)C2)CCCC1. The van der Waals surface area contributed by atoms with Gasteiger partial charge >= 0.3 is 12.0 Å². The number of carbonyl (C=O) groups excluding carboxylic acids is 1. The van der Waals surface area contributed by atoms with Crippen molar-refractivity contribution >= 4 is 12.0 Å². The van der Waals surface area contributed by atoms with Gasteiger partial charge in [-0.05, 0) is 19.8 Å². The number of likely N-dealkylation sites (tertiary alicyclic amines) is 1. The molecule has 1 aliphatic heterocycles. The second kappa shape index (κ2) is 3.96. The van der Waals surface area contributed by atoms with Gasteiger partial charge in [-0.2, -0.15) is 0 Å². The van der Waals surface area contributed by atoms with E-state index in [1.165, 1.54) is 0 Å². The number of rotatable bonds is 2. The molecule has 5 heteroatoms. The molecule has 0 atom stereocenters. The van der Waals surface area contributed by atoms with E-state index in [4.69, 9.17) is 5.11 Å². The molecule has 5 nitrogen and oxygen atoms in total. The van der Waals surface area contributed by atoms with Crippen molar-refractivity contribution in [1.82, 2.24) is 10.2 Å². The molecule has 1 saturated heterocycles. The van der Waals surface area contributed by atoms with E-state index in [1.54, 1.807) is 4.90 Å². The van der Waals surface area contributed by atoms with E-state index in [0.29, 0.717) is 13.1 Å². The van der Waals surface area contributed by atoms with Crippen molar-refractivity contribution in [2.24, 2.45) is 5.92 Å². The van der Waals surface area contributed by atoms with E-state index in [0.717, 1.165) is 25.7 Å². The van der Waals surface area contributed by atoms with Crippen LogP contribution in [-0.4, -0.2) is 40.6 Å². The minimum atomic E-state index is -0.809. The van der Waals surface area contributed by atoms with Crippen molar-refractivity contribution < 1.29 is 14.7 Å². The van der Waals surface area contributed by atoms with Gasteiger partial charge in [-0.15, -0.1) is 0 Å². The monoisotopic (exact) mass is 226 g/mol. The van der Waals surface area contributed by atoms with Crippen LogP contribution in [0.3, 0.4) is 0 Å². The Balaban J connectivity index is 1.79. The van der Waals surface area contributed by atoms with E-state index in [2.05, 4.69) is 12.2 Å². The number of amides is 2. The summed E-state index contributed by atoms with van der Waals surface area (Å²) in [7, 11) is 0. The molecule has 2 amide bonds. The molecule has 0 aromatic heterocycles. The van der Waals surface area contributed by atoms with Crippen LogP contribution in [0.5, 0.6) is 0 Å². The molecule has 0 spiro atoms. The molecule has 0 radical (unpaired) electrons. The van der Waals surface area contributed by atoms with Gasteiger partial charge in [-0.25, -0.2) is 4.79 Å². The first-order valence-electron chi connectivity index (χ1n) is 5.80. The third-order valence-electron chi connectivity index (χ3n) is 3.63. The van der Waals surface area contributed by atoms with Crippen LogP contribution in [0.2, 0.25) is 0 Å². The van der Waals surface area contributed by atoms with Gasteiger partial charge in [0.25, 0.3) is 0 Å². The Hall–Kier alpha value is -1.26. The van der Waals surface area contributed by atoms with Gasteiger partial charge in [0.15, 0.2) is 0 Å². The summed E-state index contributed by atoms with van der Waals surface area (Å²) in [6.45, 7) is 2.75. The van der Waals surface area contributed by atoms with Crippen molar-refractivity contribution in [1.29, 1.82) is 0 Å². The minimum Gasteiger partial charge on any atom is -0.481 e. The van der Waals surface area contributed by atoms with Crippen LogP contribution < -0.4 is 5.32 Å². The summed E-state index contributed by atoms with van der Waals surface area (Å²) in [5, 5.41) is 11.7. The molecule has 2 rings (SSSR count). The number of hydrogen-bond donors (Lipinski definition) is 2. The maximum atomic E-state index is 11.8. The topological polar surface area (TPSA) is 69.6 Å². The van der Waals surface area contributed by atoms with Crippen LogP contribution in [0.15, 0.2) is 0 Å². The first kappa shape index (κ1) is 11.2. The number of nitrogens with one attached hydrogen (secondary N) is 1. The van der Waals surface area contributed by atoms with E-state index in [9.17, 15) is 9.59 Å². The van der Waals surface area contributed by atoms with Gasteiger partial charge < -0.3 is 15.3 Å². The zero-order valence-electron chi connectivity index (χ0n) is 9.53. The molecule has 1 heterocycles. The second-order valence-electron chi connectivity index (χ2n) is 5.14. The maximum Gasteiger partial charge on any atom is 0.317 e. The summed E-state index contributed by atoms with van der Waals surface area (Å²) in [6, 6.07) is -0.109. The highest BCUT2D eigenvalue weighted by Gasteiger charge is 2.38. The highest BCUT2D eigenvalue weighted by Crippen LogP contribution is 2.29. The summed E-state index contributed by atoms with van der Waals surface area (Å²) < 4.78 is 0. The van der Waals surface area contributed by atoms with Crippen LogP contribution in [0.4, 0.5) is 4.79 Å². The average molecular weight is 226 g/mol. The number of carboxylic acid groups (broad SMARTS) is 1. The van der Waals surface area contributed by atoms with Gasteiger partial charge in [-0.3, -0.25) is 4.79 Å². The third kappa shape index (κ3) is 2.13. The van der Waals surface area contributed by atoms with Gasteiger partial charge in [0.05, 0.1) is 5.92 Å². The molecule has 0 aromatic carbocycles. The van der Waals surface area contributed by atoms with Gasteiger partial charge in [-0.1, -0.05) is 12.8 Å². The molecular weight excluding hydrogens is 208 g/mol. The predicted molar refractivity (Wildman–Crippen MR) is 58.1 cm³/mol. The number of hydrogen-bond acceptors (Lipinski definition) is 2. The quantitative estimate of drug-likeness (QED) is 0.739. The molecule has 2 aliphatic rings. The summed E-state index contributed by atoms with van der Waals surface area (Å²) in [5.74, 6) is -1.18. The Kier molecular flexibility index (Phi) is 2.78. The zero-order valence-corrected chi connectivity index (χ0v) is 9.53. The summed E-state index contributed by atoms with van der Waals surface area (Å²) in [5.41, 5.74) is -0.0780. The lowest BCUT2D eigenvalue weighted by Gasteiger charge is -2.39. The molecule has 1 saturated carbocycles. The summed E-state index contributed by atoms with van der Waals surface area (Å²) in [6.07, 6.45) is 4.37. The largest absolute Gasteiger partial charge is 0.481 e. The number of urea groups is 1. The van der Waals surface area contributed by atoms with E-state index >= 15 is 0 Å². The van der Waals surface area contributed by atoms with Crippen LogP contribution in [0.1, 0.15) is 32.6 Å². The first-order chi connectivity index (χ1) is 7.50. The molecule has 0 aromatic rings. The average Bonchev–Trinajstić information content (AvgIpc) is 2.47. The minimum absolute atomic E-state index is 0.0780. The number of aliphatic carboxylic acids is 1. The molecule has 2 N–H and O–H groups in total. The lowest BCUT2D eigenvalue weighted by Crippen LogP contribution is -2.59. The molecule has 90 valence electrons. The van der Waals surface area contributed by atoms with Crippen molar-refractivity contribution in [3.8, 4) is 0 Å². The Morgan fingerprint density at radius 3 is 2.38 bits per heavy atom. The Morgan fingerprint density at radius 2 is 1.88 bits per heavy atom. The van der Waals surface area contributed by atoms with Crippen molar-refractivity contribution in [3.05, 3.63) is 0 Å². The summed E-state index contributed by atoms with van der Waals surface area (Å²) >= 11 is 0. The zero-order chi connectivity index (χ0) is 11.8. The van der Waals surface area contributed by atoms with Crippen molar-refractivity contribution in [3.63, 3.8) is 0 Å². The number of nitrogens with zero attached hydrogens (tertiary/aromatic N) is 1. The van der Waals surface area contributed by atoms with Crippen LogP contribution in [-0.2, 0) is 4.79 Å². The van der Waals surface area contributed by atoms with E-state index in [-0.39, 0.29) is 17.5 Å². The lowest BCUT2D eigenvalue weighted by molar-refractivity contribution is -0.146. The lowest BCUT2D eigenvalue weighted by atomic mass is 9.99. The first-order valence-corrected chi connectivity index (χ1v) is 5.80. The standard InChI is InChI=1S/C11H18N2O3/c1-11(4-2-3-5-11)12-10(16)13-6-8(7-13)9(14)15/h8H,2-7H2,1H3,(H,12,16)(H,14,15). The van der Waals surface area contributed by atoms with E-state index < -0.39 is 5.97 Å². The third-order valence-corrected chi connectivity index (χ3v) is 3.63. The van der Waals surface area contributed by atoms with Gasteiger partial charge in [0.2, 0.25) is 0 Å². The summed E-state index contributed by atoms with van der Waals surface area (Å²) in [4.78, 5) is 23.9. The number of carbonyl (C=O) groups is 2. The number of carboxylic acids is 1. The fourth-order valence-electron chi connectivity index (χ4n) is 2.42. The Bertz CT molecular complexity index is 304. The Morgan fingerprint density at radius 1 is 1.31 bits per heavy atom. The molecule has 0 bridgehead atoms. The highest BCUT2D eigenvalue weighted by atomic mass is 16.4. The Labute approximate surface area is 94.8 Å². The van der Waals surface area contributed by atoms with Crippen LogP contribution in [0, 0.1) is 5.92 Å². The van der Waals surface area contributed by atoms with Crippen LogP contribution >= 0.6 is 0 Å². The molecule has 1 aliphatic carbocycles. The smallest absolute Gasteiger partial charge is 0.317 e. The fraction of sp³-hybridized carbons (Fsp3) is 0.818. The molecule has 2 fully saturated rings. The van der Waals surface area contributed by atoms with E-state index in [1.807, 2.05) is 0 Å². The maximum absolute atomic E-state index is 11.8. The fourth-order valence-corrected chi connectivity index (χ4v) is 2.42. The molecule has 0 unspecified atom stereocenters.